The molecule has 0 heterocycles. The van der Waals surface area contributed by atoms with Crippen LogP contribution in [-0.4, -0.2) is 7.05 Å². The lowest BCUT2D eigenvalue weighted by Crippen LogP contribution is -2.18. The van der Waals surface area contributed by atoms with E-state index in [0.717, 1.165) is 17.0 Å². The van der Waals surface area contributed by atoms with E-state index in [1.807, 2.05) is 25.2 Å². The number of aryl methyl sites for hydroxylation is 1. The number of nitrogens with one attached hydrogen (secondary N) is 1. The average Bonchev–Trinajstić information content (AvgIpc) is 2.50. The number of hydrogen-bond acceptors (Lipinski definition) is 1. The Kier molecular flexibility index (Phi) is 6.10. The zero-order valence-corrected chi connectivity index (χ0v) is 14.0. The number of halogens is 2. The molecule has 0 saturated carbocycles. The Morgan fingerprint density at radius 2 is 1.76 bits per heavy atom. The average molecular weight is 322 g/mol. The molecule has 2 aromatic rings. The normalized spacial score (nSPS) is 12.4. The molecule has 0 aromatic heterocycles. The smallest absolute Gasteiger partial charge is 0.0589 e. The minimum absolute atomic E-state index is 0.0522. The molecule has 1 unspecified atom stereocenters. The number of unbranched alkanes of at least 4 members (excludes halogenated alkanes) is 1. The van der Waals surface area contributed by atoms with Crippen LogP contribution in [0.3, 0.4) is 0 Å². The molecule has 0 radical (unpaired) electrons. The fraction of sp³-hybridized carbons (Fsp3) is 0.333. The minimum atomic E-state index is 0.0522. The topological polar surface area (TPSA) is 12.0 Å². The standard InChI is InChI=1S/C18H21Cl2N/c1-3-4-5-13-6-8-14(9-7-13)18(21-2)16-12-15(19)10-11-17(16)20/h6-12,18,21H,3-5H2,1-2H3. The third-order valence-electron chi connectivity index (χ3n) is 3.69. The summed E-state index contributed by atoms with van der Waals surface area (Å²) in [6.45, 7) is 2.21. The highest BCUT2D eigenvalue weighted by molar-refractivity contribution is 6.33. The summed E-state index contributed by atoms with van der Waals surface area (Å²) in [6.07, 6.45) is 3.59. The lowest BCUT2D eigenvalue weighted by atomic mass is 9.97. The molecule has 0 aliphatic rings. The molecule has 0 fully saturated rings. The highest BCUT2D eigenvalue weighted by Crippen LogP contribution is 2.30. The first kappa shape index (κ1) is 16.4. The van der Waals surface area contributed by atoms with Gasteiger partial charge in [0, 0.05) is 10.0 Å². The van der Waals surface area contributed by atoms with Crippen LogP contribution in [0.15, 0.2) is 42.5 Å². The summed E-state index contributed by atoms with van der Waals surface area (Å²) >= 11 is 12.4. The first-order valence-corrected chi connectivity index (χ1v) is 8.12. The fourth-order valence-electron chi connectivity index (χ4n) is 2.50. The maximum absolute atomic E-state index is 6.32. The van der Waals surface area contributed by atoms with Gasteiger partial charge < -0.3 is 5.32 Å². The summed E-state index contributed by atoms with van der Waals surface area (Å²) < 4.78 is 0. The third-order valence-corrected chi connectivity index (χ3v) is 4.27. The van der Waals surface area contributed by atoms with Gasteiger partial charge in [0.15, 0.2) is 0 Å². The predicted molar refractivity (Wildman–Crippen MR) is 92.4 cm³/mol. The van der Waals surface area contributed by atoms with Gasteiger partial charge >= 0.3 is 0 Å². The summed E-state index contributed by atoms with van der Waals surface area (Å²) in [7, 11) is 1.94. The molecule has 1 nitrogen and oxygen atoms in total. The highest BCUT2D eigenvalue weighted by atomic mass is 35.5. The zero-order valence-electron chi connectivity index (χ0n) is 12.5. The van der Waals surface area contributed by atoms with Gasteiger partial charge in [-0.05, 0) is 54.8 Å². The second-order valence-corrected chi connectivity index (χ2v) is 6.08. The van der Waals surface area contributed by atoms with Crippen molar-refractivity contribution in [2.45, 2.75) is 32.2 Å². The van der Waals surface area contributed by atoms with Crippen LogP contribution in [-0.2, 0) is 6.42 Å². The van der Waals surface area contributed by atoms with Crippen molar-refractivity contribution in [3.8, 4) is 0 Å². The van der Waals surface area contributed by atoms with Crippen molar-refractivity contribution in [2.75, 3.05) is 7.05 Å². The van der Waals surface area contributed by atoms with E-state index in [-0.39, 0.29) is 6.04 Å². The molecule has 0 amide bonds. The predicted octanol–water partition coefficient (Wildman–Crippen LogP) is 5.64. The molecule has 112 valence electrons. The number of hydrogen-bond donors (Lipinski definition) is 1. The van der Waals surface area contributed by atoms with Gasteiger partial charge in [0.1, 0.15) is 0 Å². The summed E-state index contributed by atoms with van der Waals surface area (Å²) in [6, 6.07) is 14.4. The van der Waals surface area contributed by atoms with Crippen LogP contribution in [0.5, 0.6) is 0 Å². The molecule has 21 heavy (non-hydrogen) atoms. The van der Waals surface area contributed by atoms with Crippen molar-refractivity contribution >= 4 is 23.2 Å². The largest absolute Gasteiger partial charge is 0.309 e. The van der Waals surface area contributed by atoms with Crippen LogP contribution in [0.1, 0.15) is 42.5 Å². The molecule has 1 atom stereocenters. The van der Waals surface area contributed by atoms with Gasteiger partial charge in [-0.3, -0.25) is 0 Å². The Balaban J connectivity index is 2.26. The third kappa shape index (κ3) is 4.23. The highest BCUT2D eigenvalue weighted by Gasteiger charge is 2.15. The quantitative estimate of drug-likeness (QED) is 0.725. The van der Waals surface area contributed by atoms with E-state index in [2.05, 4.69) is 36.5 Å². The molecule has 1 N–H and O–H groups in total. The molecule has 3 heteroatoms. The second kappa shape index (κ2) is 7.84. The van der Waals surface area contributed by atoms with Crippen molar-refractivity contribution in [3.05, 3.63) is 69.2 Å². The monoisotopic (exact) mass is 321 g/mol. The molecule has 0 aliphatic carbocycles. The van der Waals surface area contributed by atoms with E-state index in [1.165, 1.54) is 24.0 Å². The van der Waals surface area contributed by atoms with Crippen LogP contribution < -0.4 is 5.32 Å². The van der Waals surface area contributed by atoms with Crippen LogP contribution in [0.2, 0.25) is 10.0 Å². The van der Waals surface area contributed by atoms with Crippen LogP contribution in [0.25, 0.3) is 0 Å². The lowest BCUT2D eigenvalue weighted by Gasteiger charge is -2.19. The SMILES string of the molecule is CCCCc1ccc(C(NC)c2cc(Cl)ccc2Cl)cc1. The number of rotatable bonds is 6. The molecule has 2 aromatic carbocycles. The first-order chi connectivity index (χ1) is 10.2. The Morgan fingerprint density at radius 1 is 1.05 bits per heavy atom. The minimum Gasteiger partial charge on any atom is -0.309 e. The Labute approximate surface area is 137 Å². The van der Waals surface area contributed by atoms with E-state index in [0.29, 0.717) is 5.02 Å². The van der Waals surface area contributed by atoms with Crippen LogP contribution in [0.4, 0.5) is 0 Å². The van der Waals surface area contributed by atoms with Crippen LogP contribution in [0, 0.1) is 0 Å². The molecule has 0 saturated heterocycles. The van der Waals surface area contributed by atoms with Crippen molar-refractivity contribution in [3.63, 3.8) is 0 Å². The van der Waals surface area contributed by atoms with E-state index < -0.39 is 0 Å². The first-order valence-electron chi connectivity index (χ1n) is 7.36. The van der Waals surface area contributed by atoms with Gasteiger partial charge in [0.2, 0.25) is 0 Å². The summed E-state index contributed by atoms with van der Waals surface area (Å²) in [5, 5.41) is 4.76. The Bertz CT molecular complexity index is 578. The van der Waals surface area contributed by atoms with Crippen molar-refractivity contribution < 1.29 is 0 Å². The van der Waals surface area contributed by atoms with E-state index in [1.54, 1.807) is 0 Å². The maximum atomic E-state index is 6.32. The fourth-order valence-corrected chi connectivity index (χ4v) is 2.90. The summed E-state index contributed by atoms with van der Waals surface area (Å²) in [5.41, 5.74) is 3.59. The van der Waals surface area contributed by atoms with Gasteiger partial charge in [-0.1, -0.05) is 60.8 Å². The van der Waals surface area contributed by atoms with Gasteiger partial charge in [0.05, 0.1) is 6.04 Å². The van der Waals surface area contributed by atoms with Gasteiger partial charge in [0.25, 0.3) is 0 Å². The molecule has 2 rings (SSSR count). The molecular formula is C18H21Cl2N. The van der Waals surface area contributed by atoms with Crippen molar-refractivity contribution in [1.29, 1.82) is 0 Å². The molecule has 0 spiro atoms. The van der Waals surface area contributed by atoms with Gasteiger partial charge in [-0.15, -0.1) is 0 Å². The van der Waals surface area contributed by atoms with Gasteiger partial charge in [-0.2, -0.15) is 0 Å². The van der Waals surface area contributed by atoms with Crippen molar-refractivity contribution in [2.24, 2.45) is 0 Å². The zero-order chi connectivity index (χ0) is 15.2. The molecule has 0 aliphatic heterocycles. The number of benzene rings is 2. The van der Waals surface area contributed by atoms with Gasteiger partial charge in [-0.25, -0.2) is 0 Å². The molecular weight excluding hydrogens is 301 g/mol. The summed E-state index contributed by atoms with van der Waals surface area (Å²) in [5.74, 6) is 0. The van der Waals surface area contributed by atoms with E-state index in [9.17, 15) is 0 Å². The second-order valence-electron chi connectivity index (χ2n) is 5.23. The van der Waals surface area contributed by atoms with E-state index >= 15 is 0 Å². The Hall–Kier alpha value is -1.02. The molecule has 0 bridgehead atoms. The van der Waals surface area contributed by atoms with Crippen LogP contribution >= 0.6 is 23.2 Å². The lowest BCUT2D eigenvalue weighted by molar-refractivity contribution is 0.691. The summed E-state index contributed by atoms with van der Waals surface area (Å²) in [4.78, 5) is 0. The van der Waals surface area contributed by atoms with Crippen molar-refractivity contribution in [1.82, 2.24) is 5.32 Å². The van der Waals surface area contributed by atoms with E-state index in [4.69, 9.17) is 23.2 Å². The Morgan fingerprint density at radius 3 is 2.38 bits per heavy atom. The maximum Gasteiger partial charge on any atom is 0.0589 e.